The Bertz CT molecular complexity index is 1450. The maximum Gasteiger partial charge on any atom is 0.282 e. The van der Waals surface area contributed by atoms with Gasteiger partial charge in [0, 0.05) is 45.2 Å². The number of amides is 2. The summed E-state index contributed by atoms with van der Waals surface area (Å²) in [7, 11) is 4.12. The van der Waals surface area contributed by atoms with E-state index in [0.717, 1.165) is 43.6 Å². The smallest absolute Gasteiger partial charge is 0.282 e. The van der Waals surface area contributed by atoms with E-state index >= 15 is 0 Å². The first-order valence-electron chi connectivity index (χ1n) is 14.2. The summed E-state index contributed by atoms with van der Waals surface area (Å²) in [6.45, 7) is 5.60. The number of benzene rings is 1. The molecule has 1 N–H and O–H groups in total. The Balaban J connectivity index is 1.40. The number of nitrogens with zero attached hydrogens (tertiary/aromatic N) is 7. The molecule has 214 valence electrons. The summed E-state index contributed by atoms with van der Waals surface area (Å²) < 4.78 is 13.8. The predicted molar refractivity (Wildman–Crippen MR) is 153 cm³/mol. The van der Waals surface area contributed by atoms with Crippen molar-refractivity contribution in [3.05, 3.63) is 53.5 Å². The Kier molecular flexibility index (Phi) is 6.90. The minimum atomic E-state index is -1.04. The molecule has 0 radical (unpaired) electrons. The van der Waals surface area contributed by atoms with Crippen LogP contribution in [0.25, 0.3) is 0 Å². The highest BCUT2D eigenvalue weighted by Gasteiger charge is 2.48. The van der Waals surface area contributed by atoms with Crippen molar-refractivity contribution in [1.82, 2.24) is 19.8 Å². The summed E-state index contributed by atoms with van der Waals surface area (Å²) in [5.41, 5.74) is 2.96. The number of hydrogen-bond acceptors (Lipinski definition) is 8. The largest absolute Gasteiger partial charge is 0.351 e. The summed E-state index contributed by atoms with van der Waals surface area (Å²) in [4.78, 5) is 44.2. The SMILES string of the molecule is C=C(F)C(=O)N1CCN(c2nc(N3CC(N(C)C)C3)nc3c2NC(=O)C2(CCCc4ccccc42)C3)C[C@@H]1CC#N. The number of carbonyl (C=O) groups is 2. The first kappa shape index (κ1) is 27.1. The van der Waals surface area contributed by atoms with Crippen LogP contribution < -0.4 is 15.1 Å². The minimum Gasteiger partial charge on any atom is -0.351 e. The lowest BCUT2D eigenvalue weighted by molar-refractivity contribution is -0.131. The summed E-state index contributed by atoms with van der Waals surface area (Å²) in [5, 5.41) is 12.7. The average Bonchev–Trinajstić information content (AvgIpc) is 2.92. The number of rotatable bonds is 5. The fraction of sp³-hybridized carbons (Fsp3) is 0.500. The number of piperazine rings is 1. The van der Waals surface area contributed by atoms with Gasteiger partial charge >= 0.3 is 0 Å². The van der Waals surface area contributed by atoms with Crippen molar-refractivity contribution < 1.29 is 14.0 Å². The lowest BCUT2D eigenvalue weighted by Crippen LogP contribution is -2.58. The zero-order chi connectivity index (χ0) is 28.9. The van der Waals surface area contributed by atoms with E-state index in [2.05, 4.69) is 54.0 Å². The first-order valence-corrected chi connectivity index (χ1v) is 14.2. The Morgan fingerprint density at radius 2 is 2.00 bits per heavy atom. The third-order valence-corrected chi connectivity index (χ3v) is 9.16. The molecule has 0 bridgehead atoms. The summed E-state index contributed by atoms with van der Waals surface area (Å²) >= 11 is 0. The number of likely N-dealkylation sites (N-methyl/N-ethyl adjacent to an activating group) is 1. The molecular weight excluding hydrogens is 523 g/mol. The fourth-order valence-electron chi connectivity index (χ4n) is 6.74. The topological polar surface area (TPSA) is 109 Å². The van der Waals surface area contributed by atoms with E-state index in [9.17, 15) is 19.2 Å². The Morgan fingerprint density at radius 1 is 1.22 bits per heavy atom. The van der Waals surface area contributed by atoms with E-state index in [4.69, 9.17) is 9.97 Å². The molecule has 1 spiro atoms. The van der Waals surface area contributed by atoms with Gasteiger partial charge in [-0.15, -0.1) is 0 Å². The van der Waals surface area contributed by atoms with Crippen molar-refractivity contribution in [2.45, 2.75) is 49.6 Å². The van der Waals surface area contributed by atoms with E-state index in [-0.39, 0.29) is 25.4 Å². The highest BCUT2D eigenvalue weighted by molar-refractivity contribution is 6.04. The minimum absolute atomic E-state index is 0.0402. The highest BCUT2D eigenvalue weighted by atomic mass is 19.1. The van der Waals surface area contributed by atoms with Crippen LogP contribution in [0.3, 0.4) is 0 Å². The van der Waals surface area contributed by atoms with Crippen LogP contribution in [-0.2, 0) is 27.8 Å². The third-order valence-electron chi connectivity index (χ3n) is 9.16. The molecule has 41 heavy (non-hydrogen) atoms. The van der Waals surface area contributed by atoms with E-state index < -0.39 is 23.2 Å². The third kappa shape index (κ3) is 4.60. The van der Waals surface area contributed by atoms with Gasteiger partial charge < -0.3 is 24.9 Å². The Hall–Kier alpha value is -4.04. The van der Waals surface area contributed by atoms with E-state index in [1.165, 1.54) is 10.5 Å². The van der Waals surface area contributed by atoms with Crippen LogP contribution >= 0.6 is 0 Å². The van der Waals surface area contributed by atoms with Crippen LogP contribution in [0.5, 0.6) is 0 Å². The Labute approximate surface area is 239 Å². The van der Waals surface area contributed by atoms with Crippen LogP contribution in [0.15, 0.2) is 36.7 Å². The molecule has 10 nitrogen and oxygen atoms in total. The summed E-state index contributed by atoms with van der Waals surface area (Å²) in [6, 6.07) is 10.2. The molecule has 4 aliphatic rings. The number of aryl methyl sites for hydroxylation is 1. The van der Waals surface area contributed by atoms with Crippen LogP contribution in [0.1, 0.15) is 36.1 Å². The van der Waals surface area contributed by atoms with Crippen LogP contribution in [-0.4, -0.2) is 90.5 Å². The van der Waals surface area contributed by atoms with Crippen molar-refractivity contribution in [3.8, 4) is 6.07 Å². The molecule has 1 aromatic heterocycles. The lowest BCUT2D eigenvalue weighted by Gasteiger charge is -2.46. The number of carbonyl (C=O) groups excluding carboxylic acids is 2. The van der Waals surface area contributed by atoms with Gasteiger partial charge in [0.2, 0.25) is 11.9 Å². The van der Waals surface area contributed by atoms with Gasteiger partial charge in [0.1, 0.15) is 5.69 Å². The van der Waals surface area contributed by atoms with Crippen molar-refractivity contribution >= 4 is 29.3 Å². The highest BCUT2D eigenvalue weighted by Crippen LogP contribution is 2.46. The van der Waals surface area contributed by atoms with Crippen LogP contribution in [0.2, 0.25) is 0 Å². The molecule has 2 fully saturated rings. The number of anilines is 3. The number of halogens is 1. The number of nitriles is 1. The van der Waals surface area contributed by atoms with Crippen molar-refractivity contribution in [2.24, 2.45) is 0 Å². The van der Waals surface area contributed by atoms with Gasteiger partial charge in [-0.2, -0.15) is 10.2 Å². The number of nitrogens with one attached hydrogen (secondary N) is 1. The molecule has 1 aliphatic carbocycles. The second-order valence-corrected chi connectivity index (χ2v) is 11.8. The number of fused-ring (bicyclic) bond motifs is 3. The molecule has 0 saturated carbocycles. The lowest BCUT2D eigenvalue weighted by atomic mass is 9.65. The molecule has 2 atom stereocenters. The van der Waals surface area contributed by atoms with E-state index in [0.29, 0.717) is 36.5 Å². The van der Waals surface area contributed by atoms with Crippen molar-refractivity contribution in [2.75, 3.05) is 61.9 Å². The predicted octanol–water partition coefficient (Wildman–Crippen LogP) is 2.41. The summed E-state index contributed by atoms with van der Waals surface area (Å²) in [6.07, 6.45) is 3.13. The zero-order valence-electron chi connectivity index (χ0n) is 23.6. The molecular formula is C30H35FN8O2. The molecule has 6 rings (SSSR count). The van der Waals surface area contributed by atoms with Gasteiger partial charge in [0.05, 0.1) is 29.6 Å². The van der Waals surface area contributed by atoms with Gasteiger partial charge in [-0.3, -0.25) is 9.59 Å². The second kappa shape index (κ2) is 10.4. The average molecular weight is 559 g/mol. The molecule has 2 aromatic rings. The molecule has 11 heteroatoms. The van der Waals surface area contributed by atoms with Gasteiger partial charge in [0.15, 0.2) is 11.6 Å². The maximum absolute atomic E-state index is 14.0. The summed E-state index contributed by atoms with van der Waals surface area (Å²) in [5.74, 6) is -0.694. The van der Waals surface area contributed by atoms with Crippen LogP contribution in [0.4, 0.5) is 21.8 Å². The van der Waals surface area contributed by atoms with E-state index in [1.54, 1.807) is 0 Å². The number of hydrogen-bond donors (Lipinski definition) is 1. The van der Waals surface area contributed by atoms with Crippen molar-refractivity contribution in [1.29, 1.82) is 5.26 Å². The van der Waals surface area contributed by atoms with Crippen LogP contribution in [0, 0.1) is 11.3 Å². The second-order valence-electron chi connectivity index (χ2n) is 11.8. The molecule has 2 saturated heterocycles. The molecule has 3 aliphatic heterocycles. The molecule has 1 aromatic carbocycles. The van der Waals surface area contributed by atoms with Gasteiger partial charge in [-0.05, 0) is 44.5 Å². The maximum atomic E-state index is 14.0. The number of aromatic nitrogens is 2. The van der Waals surface area contributed by atoms with Gasteiger partial charge in [-0.25, -0.2) is 9.37 Å². The molecule has 4 heterocycles. The standard InChI is InChI=1S/C30H35FN8O2/c1-19(31)27(40)39-14-13-37(16-21(39)10-12-32)26-25-24(33-29(35-26)38-17-22(18-38)36(2)3)15-30(28(41)34-25)11-6-8-20-7-4-5-9-23(20)30/h4-5,7,9,21-22H,1,6,8,10-11,13-18H2,2-3H3,(H,34,41)/t21-,30?/m0/s1. The molecule has 2 amide bonds. The van der Waals surface area contributed by atoms with Crippen molar-refractivity contribution in [3.63, 3.8) is 0 Å². The fourth-order valence-corrected chi connectivity index (χ4v) is 6.74. The quantitative estimate of drug-likeness (QED) is 0.558. The van der Waals surface area contributed by atoms with Gasteiger partial charge in [0.25, 0.3) is 5.91 Å². The monoisotopic (exact) mass is 558 g/mol. The normalized spacial score (nSPS) is 23.9. The zero-order valence-corrected chi connectivity index (χ0v) is 23.6. The van der Waals surface area contributed by atoms with Gasteiger partial charge in [-0.1, -0.05) is 30.8 Å². The molecule has 1 unspecified atom stereocenters. The first-order chi connectivity index (χ1) is 19.7. The Morgan fingerprint density at radius 3 is 2.73 bits per heavy atom. The van der Waals surface area contributed by atoms with E-state index in [1.807, 2.05) is 17.0 Å².